The van der Waals surface area contributed by atoms with Gasteiger partial charge in [0.2, 0.25) is 0 Å². The average molecular weight is 388 g/mol. The van der Waals surface area contributed by atoms with E-state index >= 15 is 0 Å². The Morgan fingerprint density at radius 2 is 2.19 bits per heavy atom. The first-order chi connectivity index (χ1) is 13.0. The van der Waals surface area contributed by atoms with Gasteiger partial charge in [0, 0.05) is 17.8 Å². The zero-order valence-electron chi connectivity index (χ0n) is 13.7. The molecule has 2 amide bonds. The molecule has 0 saturated heterocycles. The van der Waals surface area contributed by atoms with E-state index in [2.05, 4.69) is 10.3 Å². The van der Waals surface area contributed by atoms with Crippen LogP contribution in [0.25, 0.3) is 0 Å². The number of fused-ring (bicyclic) bond motifs is 1. The molecule has 0 bridgehead atoms. The van der Waals surface area contributed by atoms with Crippen molar-refractivity contribution in [1.82, 2.24) is 9.88 Å². The summed E-state index contributed by atoms with van der Waals surface area (Å²) in [4.78, 5) is 41.3. The highest BCUT2D eigenvalue weighted by atomic mass is 32.1. The molecule has 11 heteroatoms. The number of carbonyl (C=O) groups excluding carboxylic acids is 2. The van der Waals surface area contributed by atoms with Crippen LogP contribution >= 0.6 is 11.3 Å². The molecule has 1 aliphatic heterocycles. The summed E-state index contributed by atoms with van der Waals surface area (Å²) in [5.41, 5.74) is 1.20. The van der Waals surface area contributed by atoms with E-state index in [1.807, 2.05) is 0 Å². The third-order valence-corrected chi connectivity index (χ3v) is 5.00. The van der Waals surface area contributed by atoms with Crippen molar-refractivity contribution in [2.24, 2.45) is 0 Å². The largest absolute Gasteiger partial charge is 0.472 e. The van der Waals surface area contributed by atoms with Crippen molar-refractivity contribution < 1.29 is 23.3 Å². The number of aromatic nitrogens is 1. The normalized spacial score (nSPS) is 13.3. The van der Waals surface area contributed by atoms with E-state index in [4.69, 9.17) is 8.83 Å². The third-order valence-electron chi connectivity index (χ3n) is 4.00. The second kappa shape index (κ2) is 6.68. The number of furan rings is 2. The van der Waals surface area contributed by atoms with Crippen molar-refractivity contribution >= 4 is 34.2 Å². The highest BCUT2D eigenvalue weighted by Gasteiger charge is 2.28. The Bertz CT molecular complexity index is 1020. The van der Waals surface area contributed by atoms with E-state index in [0.29, 0.717) is 30.2 Å². The number of hydrogen-bond donors (Lipinski definition) is 1. The van der Waals surface area contributed by atoms with E-state index in [9.17, 15) is 19.7 Å². The molecule has 1 N–H and O–H groups in total. The zero-order valence-corrected chi connectivity index (χ0v) is 14.5. The smallest absolute Gasteiger partial charge is 0.433 e. The summed E-state index contributed by atoms with van der Waals surface area (Å²) >= 11 is 1.28. The fraction of sp³-hybridized carbons (Fsp3) is 0.188. The standard InChI is InChI=1S/C16H12N4O6S/c21-14(9-4-6-25-8-9)18-16-17-10-3-5-19(7-12(10)27-16)15(22)11-1-2-13(26-11)20(23)24/h1-2,4,6,8H,3,5,7H2,(H,17,18,21). The van der Waals surface area contributed by atoms with Crippen LogP contribution in [-0.2, 0) is 13.0 Å². The summed E-state index contributed by atoms with van der Waals surface area (Å²) in [6.07, 6.45) is 3.26. The molecule has 1 aliphatic rings. The van der Waals surface area contributed by atoms with Gasteiger partial charge in [-0.05, 0) is 12.1 Å². The number of nitrogens with zero attached hydrogens (tertiary/aromatic N) is 3. The van der Waals surface area contributed by atoms with Gasteiger partial charge in [-0.25, -0.2) is 4.98 Å². The van der Waals surface area contributed by atoms with Crippen LogP contribution < -0.4 is 5.32 Å². The van der Waals surface area contributed by atoms with Crippen molar-refractivity contribution in [2.45, 2.75) is 13.0 Å². The molecule has 0 fully saturated rings. The predicted molar refractivity (Wildman–Crippen MR) is 92.6 cm³/mol. The van der Waals surface area contributed by atoms with Crippen molar-refractivity contribution in [3.63, 3.8) is 0 Å². The molecule has 3 aromatic rings. The van der Waals surface area contributed by atoms with E-state index < -0.39 is 16.7 Å². The Morgan fingerprint density at radius 1 is 1.33 bits per heavy atom. The molecule has 0 spiro atoms. The van der Waals surface area contributed by atoms with Crippen LogP contribution in [0.5, 0.6) is 0 Å². The molecule has 3 aromatic heterocycles. The topological polar surface area (TPSA) is 132 Å². The van der Waals surface area contributed by atoms with Crippen molar-refractivity contribution in [1.29, 1.82) is 0 Å². The lowest BCUT2D eigenvalue weighted by atomic mass is 10.1. The number of amides is 2. The number of anilines is 1. The Hall–Kier alpha value is -3.47. The minimum atomic E-state index is -0.691. The zero-order chi connectivity index (χ0) is 19.0. The summed E-state index contributed by atoms with van der Waals surface area (Å²) in [5.74, 6) is -1.31. The van der Waals surface area contributed by atoms with Gasteiger partial charge in [-0.2, -0.15) is 0 Å². The van der Waals surface area contributed by atoms with Crippen LogP contribution in [0.4, 0.5) is 11.0 Å². The molecule has 27 heavy (non-hydrogen) atoms. The minimum absolute atomic E-state index is 0.0804. The highest BCUT2D eigenvalue weighted by Crippen LogP contribution is 2.30. The van der Waals surface area contributed by atoms with E-state index in [0.717, 1.165) is 16.6 Å². The van der Waals surface area contributed by atoms with Crippen molar-refractivity contribution in [2.75, 3.05) is 11.9 Å². The average Bonchev–Trinajstić information content (AvgIpc) is 3.39. The summed E-state index contributed by atoms with van der Waals surface area (Å²) in [5, 5.41) is 13.8. The predicted octanol–water partition coefficient (Wildman–Crippen LogP) is 2.69. The Morgan fingerprint density at radius 3 is 2.89 bits per heavy atom. The quantitative estimate of drug-likeness (QED) is 0.537. The number of thiazole rings is 1. The van der Waals surface area contributed by atoms with Crippen LogP contribution in [-0.4, -0.2) is 33.2 Å². The minimum Gasteiger partial charge on any atom is -0.472 e. The van der Waals surface area contributed by atoms with E-state index in [1.165, 1.54) is 34.8 Å². The highest BCUT2D eigenvalue weighted by molar-refractivity contribution is 7.15. The van der Waals surface area contributed by atoms with Crippen LogP contribution in [0.2, 0.25) is 0 Å². The van der Waals surface area contributed by atoms with Gasteiger partial charge in [0.15, 0.2) is 10.9 Å². The first-order valence-corrected chi connectivity index (χ1v) is 8.68. The van der Waals surface area contributed by atoms with Gasteiger partial charge < -0.3 is 13.7 Å². The first kappa shape index (κ1) is 17.0. The number of nitro groups is 1. The van der Waals surface area contributed by atoms with Gasteiger partial charge in [0.05, 0.1) is 30.1 Å². The van der Waals surface area contributed by atoms with Crippen LogP contribution in [0, 0.1) is 10.1 Å². The molecule has 0 atom stereocenters. The summed E-state index contributed by atoms with van der Waals surface area (Å²) in [7, 11) is 0. The van der Waals surface area contributed by atoms with E-state index in [1.54, 1.807) is 6.07 Å². The molecule has 4 rings (SSSR count). The van der Waals surface area contributed by atoms with Crippen LogP contribution in [0.3, 0.4) is 0 Å². The molecular weight excluding hydrogens is 376 g/mol. The maximum atomic E-state index is 12.5. The van der Waals surface area contributed by atoms with Gasteiger partial charge in [0.1, 0.15) is 11.2 Å². The molecule has 0 radical (unpaired) electrons. The number of carbonyl (C=O) groups is 2. The second-order valence-corrected chi connectivity index (χ2v) is 6.81. The fourth-order valence-corrected chi connectivity index (χ4v) is 3.70. The molecule has 0 saturated carbocycles. The van der Waals surface area contributed by atoms with Gasteiger partial charge in [-0.1, -0.05) is 11.3 Å². The Balaban J connectivity index is 1.46. The maximum Gasteiger partial charge on any atom is 0.433 e. The fourth-order valence-electron chi connectivity index (χ4n) is 2.68. The number of hydrogen-bond acceptors (Lipinski definition) is 8. The molecule has 10 nitrogen and oxygen atoms in total. The SMILES string of the molecule is O=C(Nc1nc2c(s1)CN(C(=O)c1ccc([N+](=O)[O-])o1)CC2)c1ccoc1. The van der Waals surface area contributed by atoms with Crippen molar-refractivity contribution in [3.8, 4) is 0 Å². The second-order valence-electron chi connectivity index (χ2n) is 5.73. The Labute approximate surface area is 155 Å². The molecule has 138 valence electrons. The van der Waals surface area contributed by atoms with Gasteiger partial charge >= 0.3 is 5.88 Å². The first-order valence-electron chi connectivity index (χ1n) is 7.87. The molecule has 0 aliphatic carbocycles. The molecule has 0 aromatic carbocycles. The third kappa shape index (κ3) is 3.31. The molecular formula is C16H12N4O6S. The van der Waals surface area contributed by atoms with Crippen LogP contribution in [0.1, 0.15) is 31.5 Å². The molecule has 0 unspecified atom stereocenters. The van der Waals surface area contributed by atoms with Crippen molar-refractivity contribution in [3.05, 3.63) is 62.7 Å². The summed E-state index contributed by atoms with van der Waals surface area (Å²) in [6.45, 7) is 0.696. The summed E-state index contributed by atoms with van der Waals surface area (Å²) < 4.78 is 9.86. The lowest BCUT2D eigenvalue weighted by Gasteiger charge is -2.24. The lowest BCUT2D eigenvalue weighted by molar-refractivity contribution is -0.402. The number of rotatable bonds is 4. The monoisotopic (exact) mass is 388 g/mol. The van der Waals surface area contributed by atoms with E-state index in [-0.39, 0.29) is 11.7 Å². The molecule has 4 heterocycles. The lowest BCUT2D eigenvalue weighted by Crippen LogP contribution is -2.35. The van der Waals surface area contributed by atoms with Gasteiger partial charge in [0.25, 0.3) is 11.8 Å². The van der Waals surface area contributed by atoms with Gasteiger partial charge in [-0.3, -0.25) is 25.0 Å². The number of nitrogens with one attached hydrogen (secondary N) is 1. The van der Waals surface area contributed by atoms with Crippen LogP contribution in [0.15, 0.2) is 39.6 Å². The van der Waals surface area contributed by atoms with Gasteiger partial charge in [-0.15, -0.1) is 0 Å². The Kier molecular flexibility index (Phi) is 4.20. The summed E-state index contributed by atoms with van der Waals surface area (Å²) in [6, 6.07) is 3.99. The maximum absolute atomic E-state index is 12.5.